The predicted octanol–water partition coefficient (Wildman–Crippen LogP) is 2.34. The number of nitro benzene ring substituents is 1. The number of nitrogens with zero attached hydrogens (tertiary/aromatic N) is 2. The van der Waals surface area contributed by atoms with E-state index in [4.69, 9.17) is 4.74 Å². The number of benzene rings is 2. The Hall–Kier alpha value is -4.08. The number of hydrogen-bond donors (Lipinski definition) is 1. The van der Waals surface area contributed by atoms with Gasteiger partial charge in [0.25, 0.3) is 11.8 Å². The van der Waals surface area contributed by atoms with Crippen molar-refractivity contribution in [3.8, 4) is 0 Å². The van der Waals surface area contributed by atoms with Crippen LogP contribution >= 0.6 is 0 Å². The van der Waals surface area contributed by atoms with Crippen LogP contribution in [0.25, 0.3) is 5.70 Å². The summed E-state index contributed by atoms with van der Waals surface area (Å²) in [5.41, 5.74) is 0.552. The van der Waals surface area contributed by atoms with E-state index in [1.54, 1.807) is 24.3 Å². The van der Waals surface area contributed by atoms with Gasteiger partial charge in [0.05, 0.1) is 4.92 Å². The second kappa shape index (κ2) is 7.89. The third-order valence-corrected chi connectivity index (χ3v) is 4.12. The number of nitro groups is 1. The number of ether oxygens (including phenoxy) is 1. The zero-order valence-corrected chi connectivity index (χ0v) is 14.9. The number of fused-ring (bicyclic) bond motifs is 1. The summed E-state index contributed by atoms with van der Waals surface area (Å²) in [6.07, 6.45) is 0. The van der Waals surface area contributed by atoms with Gasteiger partial charge >= 0.3 is 11.7 Å². The minimum atomic E-state index is -1.05. The number of esters is 1. The zero-order valence-electron chi connectivity index (χ0n) is 14.9. The second-order valence-corrected chi connectivity index (χ2v) is 6.02. The first-order valence-electron chi connectivity index (χ1n) is 8.27. The molecule has 0 fully saturated rings. The van der Waals surface area contributed by atoms with E-state index in [1.165, 1.54) is 0 Å². The molecule has 2 aromatic carbocycles. The Morgan fingerprint density at radius 1 is 1.21 bits per heavy atom. The summed E-state index contributed by atoms with van der Waals surface area (Å²) in [5, 5.41) is 13.0. The molecule has 2 amide bonds. The summed E-state index contributed by atoms with van der Waals surface area (Å²) in [5.74, 6) is -3.07. The standard InChI is InChI=1S/C19H14FN3O6/c1-11-13-4-2-3-5-14(13)19(26)22(11)9-18(25)29-10-17(24)21-12-6-7-15(20)16(8-12)23(27)28/h2-8H,1,9-10H2,(H,21,24). The summed E-state index contributed by atoms with van der Waals surface area (Å²) in [4.78, 5) is 47.2. The Labute approximate surface area is 163 Å². The monoisotopic (exact) mass is 399 g/mol. The number of carbonyl (C=O) groups is 3. The molecule has 29 heavy (non-hydrogen) atoms. The maximum Gasteiger partial charge on any atom is 0.326 e. The molecule has 0 bridgehead atoms. The van der Waals surface area contributed by atoms with Crippen molar-refractivity contribution in [3.05, 3.63) is 76.1 Å². The summed E-state index contributed by atoms with van der Waals surface area (Å²) < 4.78 is 18.1. The summed E-state index contributed by atoms with van der Waals surface area (Å²) in [6, 6.07) is 9.56. The molecule has 1 aliphatic rings. The van der Waals surface area contributed by atoms with E-state index in [9.17, 15) is 28.9 Å². The molecule has 1 heterocycles. The molecule has 0 unspecified atom stereocenters. The fourth-order valence-corrected chi connectivity index (χ4v) is 2.75. The van der Waals surface area contributed by atoms with E-state index < -0.39 is 47.4 Å². The molecule has 10 heteroatoms. The van der Waals surface area contributed by atoms with Crippen LogP contribution in [0.5, 0.6) is 0 Å². The van der Waals surface area contributed by atoms with E-state index in [1.807, 2.05) is 0 Å². The summed E-state index contributed by atoms with van der Waals surface area (Å²) in [6.45, 7) is 2.68. The highest BCUT2D eigenvalue weighted by molar-refractivity contribution is 6.10. The van der Waals surface area contributed by atoms with Crippen molar-refractivity contribution >= 4 is 34.9 Å². The van der Waals surface area contributed by atoms with Gasteiger partial charge in [0.2, 0.25) is 5.82 Å². The lowest BCUT2D eigenvalue weighted by Gasteiger charge is -2.16. The smallest absolute Gasteiger partial charge is 0.326 e. The average molecular weight is 399 g/mol. The van der Waals surface area contributed by atoms with Gasteiger partial charge in [0.1, 0.15) is 6.54 Å². The molecule has 1 aliphatic heterocycles. The quantitative estimate of drug-likeness (QED) is 0.452. The topological polar surface area (TPSA) is 119 Å². The van der Waals surface area contributed by atoms with Crippen LogP contribution in [0.15, 0.2) is 49.0 Å². The van der Waals surface area contributed by atoms with Gasteiger partial charge < -0.3 is 10.1 Å². The van der Waals surface area contributed by atoms with Crippen LogP contribution in [-0.2, 0) is 14.3 Å². The number of nitrogens with one attached hydrogen (secondary N) is 1. The van der Waals surface area contributed by atoms with Gasteiger partial charge in [-0.15, -0.1) is 0 Å². The molecule has 9 nitrogen and oxygen atoms in total. The van der Waals surface area contributed by atoms with Crippen LogP contribution < -0.4 is 5.32 Å². The Morgan fingerprint density at radius 2 is 1.90 bits per heavy atom. The van der Waals surface area contributed by atoms with Crippen molar-refractivity contribution in [2.24, 2.45) is 0 Å². The number of anilines is 1. The minimum absolute atomic E-state index is 0.0299. The Balaban J connectivity index is 1.54. The van der Waals surface area contributed by atoms with Gasteiger partial charge in [-0.2, -0.15) is 4.39 Å². The molecule has 0 saturated carbocycles. The lowest BCUT2D eigenvalue weighted by molar-refractivity contribution is -0.387. The van der Waals surface area contributed by atoms with E-state index in [0.717, 1.165) is 23.1 Å². The lowest BCUT2D eigenvalue weighted by Crippen LogP contribution is -2.32. The van der Waals surface area contributed by atoms with Gasteiger partial charge in [-0.25, -0.2) is 0 Å². The number of amides is 2. The van der Waals surface area contributed by atoms with E-state index >= 15 is 0 Å². The van der Waals surface area contributed by atoms with Crippen LogP contribution in [0, 0.1) is 15.9 Å². The molecule has 0 atom stereocenters. The highest BCUT2D eigenvalue weighted by Gasteiger charge is 2.32. The number of halogens is 1. The second-order valence-electron chi connectivity index (χ2n) is 6.02. The molecule has 0 radical (unpaired) electrons. The van der Waals surface area contributed by atoms with Crippen LogP contribution in [-0.4, -0.2) is 40.8 Å². The maximum absolute atomic E-state index is 13.3. The van der Waals surface area contributed by atoms with Gasteiger partial charge in [-0.05, 0) is 18.2 Å². The molecule has 148 valence electrons. The first-order valence-corrected chi connectivity index (χ1v) is 8.27. The molecule has 1 N–H and O–H groups in total. The fraction of sp³-hybridized carbons (Fsp3) is 0.105. The molecule has 0 aromatic heterocycles. The largest absolute Gasteiger partial charge is 0.454 e. The van der Waals surface area contributed by atoms with E-state index in [0.29, 0.717) is 16.8 Å². The molecular formula is C19H14FN3O6. The Kier molecular flexibility index (Phi) is 5.35. The SMILES string of the molecule is C=C1c2ccccc2C(=O)N1CC(=O)OCC(=O)Nc1ccc(F)c([N+](=O)[O-])c1. The molecule has 3 rings (SSSR count). The van der Waals surface area contributed by atoms with E-state index in [-0.39, 0.29) is 5.69 Å². The molecule has 2 aromatic rings. The van der Waals surface area contributed by atoms with Crippen LogP contribution in [0.2, 0.25) is 0 Å². The van der Waals surface area contributed by atoms with Crippen molar-refractivity contribution < 1.29 is 28.4 Å². The average Bonchev–Trinajstić information content (AvgIpc) is 2.93. The number of hydrogen-bond acceptors (Lipinski definition) is 6. The maximum atomic E-state index is 13.3. The van der Waals surface area contributed by atoms with Gasteiger partial charge in [-0.1, -0.05) is 24.8 Å². The zero-order chi connectivity index (χ0) is 21.1. The lowest BCUT2D eigenvalue weighted by atomic mass is 10.1. The van der Waals surface area contributed by atoms with Gasteiger partial charge in [0.15, 0.2) is 6.61 Å². The molecule has 0 aliphatic carbocycles. The fourth-order valence-electron chi connectivity index (χ4n) is 2.75. The highest BCUT2D eigenvalue weighted by atomic mass is 19.1. The van der Waals surface area contributed by atoms with Crippen molar-refractivity contribution in [2.45, 2.75) is 0 Å². The number of carbonyl (C=O) groups excluding carboxylic acids is 3. The first kappa shape index (κ1) is 19.7. The third-order valence-electron chi connectivity index (χ3n) is 4.12. The van der Waals surface area contributed by atoms with Crippen LogP contribution in [0.3, 0.4) is 0 Å². The van der Waals surface area contributed by atoms with Crippen LogP contribution in [0.4, 0.5) is 15.8 Å². The summed E-state index contributed by atoms with van der Waals surface area (Å²) >= 11 is 0. The minimum Gasteiger partial charge on any atom is -0.454 e. The van der Waals surface area contributed by atoms with Crippen molar-refractivity contribution in [3.63, 3.8) is 0 Å². The van der Waals surface area contributed by atoms with Crippen molar-refractivity contribution in [2.75, 3.05) is 18.5 Å². The summed E-state index contributed by atoms with van der Waals surface area (Å²) in [7, 11) is 0. The molecule has 0 spiro atoms. The van der Waals surface area contributed by atoms with Gasteiger partial charge in [-0.3, -0.25) is 29.4 Å². The van der Waals surface area contributed by atoms with Crippen molar-refractivity contribution in [1.82, 2.24) is 4.90 Å². The molecular weight excluding hydrogens is 385 g/mol. The molecule has 0 saturated heterocycles. The Morgan fingerprint density at radius 3 is 2.55 bits per heavy atom. The number of rotatable bonds is 6. The van der Waals surface area contributed by atoms with E-state index in [2.05, 4.69) is 11.9 Å². The van der Waals surface area contributed by atoms with Gasteiger partial charge in [0, 0.05) is 28.6 Å². The third kappa shape index (κ3) is 4.10. The first-order chi connectivity index (χ1) is 13.8. The normalized spacial score (nSPS) is 12.5. The predicted molar refractivity (Wildman–Crippen MR) is 99.2 cm³/mol. The van der Waals surface area contributed by atoms with Crippen LogP contribution in [0.1, 0.15) is 15.9 Å². The Bertz CT molecular complexity index is 1020. The highest BCUT2D eigenvalue weighted by Crippen LogP contribution is 2.30. The van der Waals surface area contributed by atoms with Crippen molar-refractivity contribution in [1.29, 1.82) is 0 Å².